The number of carboxylic acids is 2. The molecule has 0 bridgehead atoms. The van der Waals surface area contributed by atoms with Gasteiger partial charge in [-0.3, -0.25) is 0 Å². The van der Waals surface area contributed by atoms with Crippen molar-refractivity contribution in [2.75, 3.05) is 0 Å². The van der Waals surface area contributed by atoms with Crippen LogP contribution in [0.2, 0.25) is 0 Å². The number of fused-ring (bicyclic) bond motifs is 1. The molecule has 0 aromatic heterocycles. The lowest BCUT2D eigenvalue weighted by molar-refractivity contribution is 0.0681. The van der Waals surface area contributed by atoms with Crippen molar-refractivity contribution in [1.82, 2.24) is 0 Å². The van der Waals surface area contributed by atoms with E-state index >= 15 is 0 Å². The van der Waals surface area contributed by atoms with Gasteiger partial charge in [-0.15, -0.1) is 0 Å². The van der Waals surface area contributed by atoms with Crippen LogP contribution in [0.3, 0.4) is 0 Å². The maximum absolute atomic E-state index is 11.0. The third-order valence-corrected chi connectivity index (χ3v) is 2.47. The molecule has 2 aromatic rings. The highest BCUT2D eigenvalue weighted by Crippen LogP contribution is 2.30. The van der Waals surface area contributed by atoms with Gasteiger partial charge in [0.2, 0.25) is 0 Å². The highest BCUT2D eigenvalue weighted by Gasteiger charge is 2.19. The van der Waals surface area contributed by atoms with E-state index < -0.39 is 17.7 Å². The van der Waals surface area contributed by atoms with E-state index in [1.807, 2.05) is 0 Å². The third kappa shape index (κ3) is 1.67. The largest absolute Gasteiger partial charge is 0.507 e. The fourth-order valence-electron chi connectivity index (χ4n) is 1.76. The fraction of sp³-hybridized carbons (Fsp3) is 0. The molecular weight excluding hydrogens is 224 g/mol. The Kier molecular flexibility index (Phi) is 2.44. The molecule has 0 aliphatic rings. The average Bonchev–Trinajstić information content (AvgIpc) is 2.27. The summed E-state index contributed by atoms with van der Waals surface area (Å²) in [5, 5.41) is 28.0. The zero-order valence-corrected chi connectivity index (χ0v) is 8.54. The van der Waals surface area contributed by atoms with Crippen LogP contribution < -0.4 is 0 Å². The number of aromatic hydroxyl groups is 1. The summed E-state index contributed by atoms with van der Waals surface area (Å²) in [5.74, 6) is -3.06. The second-order valence-corrected chi connectivity index (χ2v) is 3.47. The van der Waals surface area contributed by atoms with Crippen molar-refractivity contribution in [3.8, 4) is 5.75 Å². The van der Waals surface area contributed by atoms with Crippen molar-refractivity contribution in [3.63, 3.8) is 0 Å². The number of carbonyl (C=O) groups is 2. The molecule has 0 aliphatic heterocycles. The Morgan fingerprint density at radius 2 is 1.53 bits per heavy atom. The SMILES string of the molecule is O=C(O)c1cc(O)c(C(=O)O)c2ccccc12. The summed E-state index contributed by atoms with van der Waals surface area (Å²) in [6, 6.07) is 7.11. The fourth-order valence-corrected chi connectivity index (χ4v) is 1.76. The summed E-state index contributed by atoms with van der Waals surface area (Å²) >= 11 is 0. The monoisotopic (exact) mass is 232 g/mol. The van der Waals surface area contributed by atoms with Crippen molar-refractivity contribution in [2.45, 2.75) is 0 Å². The minimum Gasteiger partial charge on any atom is -0.507 e. The smallest absolute Gasteiger partial charge is 0.340 e. The maximum atomic E-state index is 11.0. The van der Waals surface area contributed by atoms with Crippen LogP contribution in [0.25, 0.3) is 10.8 Å². The molecule has 0 heterocycles. The van der Waals surface area contributed by atoms with Crippen LogP contribution in [0.5, 0.6) is 5.75 Å². The summed E-state index contributed by atoms with van der Waals surface area (Å²) in [6.45, 7) is 0. The summed E-state index contributed by atoms with van der Waals surface area (Å²) in [4.78, 5) is 22.0. The summed E-state index contributed by atoms with van der Waals surface area (Å²) in [7, 11) is 0. The molecule has 2 aromatic carbocycles. The molecule has 0 spiro atoms. The van der Waals surface area contributed by atoms with Crippen LogP contribution in [-0.2, 0) is 0 Å². The van der Waals surface area contributed by atoms with Crippen molar-refractivity contribution in [1.29, 1.82) is 0 Å². The van der Waals surface area contributed by atoms with E-state index in [1.54, 1.807) is 12.1 Å². The molecule has 0 unspecified atom stereocenters. The van der Waals surface area contributed by atoms with E-state index in [4.69, 9.17) is 10.2 Å². The second-order valence-electron chi connectivity index (χ2n) is 3.47. The van der Waals surface area contributed by atoms with Crippen LogP contribution in [0.1, 0.15) is 20.7 Å². The van der Waals surface area contributed by atoms with Crippen LogP contribution in [0.15, 0.2) is 30.3 Å². The van der Waals surface area contributed by atoms with E-state index in [0.717, 1.165) is 6.07 Å². The molecule has 0 saturated heterocycles. The van der Waals surface area contributed by atoms with Gasteiger partial charge >= 0.3 is 11.9 Å². The molecule has 0 fully saturated rings. The number of benzene rings is 2. The van der Waals surface area contributed by atoms with E-state index in [2.05, 4.69) is 0 Å². The Bertz CT molecular complexity index is 630. The van der Waals surface area contributed by atoms with Gasteiger partial charge in [0.05, 0.1) is 5.56 Å². The first-order valence-corrected chi connectivity index (χ1v) is 4.73. The Morgan fingerprint density at radius 3 is 2.06 bits per heavy atom. The molecule has 0 amide bonds. The van der Waals surface area contributed by atoms with Crippen molar-refractivity contribution in [2.24, 2.45) is 0 Å². The Labute approximate surface area is 95.5 Å². The topological polar surface area (TPSA) is 94.8 Å². The van der Waals surface area contributed by atoms with E-state index in [-0.39, 0.29) is 21.9 Å². The molecule has 3 N–H and O–H groups in total. The van der Waals surface area contributed by atoms with Gasteiger partial charge in [-0.05, 0) is 11.5 Å². The lowest BCUT2D eigenvalue weighted by atomic mass is 9.98. The molecule has 5 nitrogen and oxygen atoms in total. The van der Waals surface area contributed by atoms with Gasteiger partial charge in [0.1, 0.15) is 11.3 Å². The number of carboxylic acid groups (broad SMARTS) is 2. The standard InChI is InChI=1S/C12H8O5/c13-9-5-8(11(14)15)6-3-1-2-4-7(6)10(9)12(16)17/h1-5,13H,(H,14,15)(H,16,17). The van der Waals surface area contributed by atoms with Crippen LogP contribution in [-0.4, -0.2) is 27.3 Å². The Morgan fingerprint density at radius 1 is 0.941 bits per heavy atom. The first-order valence-electron chi connectivity index (χ1n) is 4.73. The quantitative estimate of drug-likeness (QED) is 0.735. The van der Waals surface area contributed by atoms with Crippen molar-refractivity contribution in [3.05, 3.63) is 41.5 Å². The van der Waals surface area contributed by atoms with Gasteiger partial charge in [0.25, 0.3) is 0 Å². The molecule has 17 heavy (non-hydrogen) atoms. The van der Waals surface area contributed by atoms with Crippen molar-refractivity contribution >= 4 is 22.7 Å². The summed E-state index contributed by atoms with van der Waals surface area (Å²) in [6.07, 6.45) is 0. The highest BCUT2D eigenvalue weighted by atomic mass is 16.4. The van der Waals surface area contributed by atoms with Crippen LogP contribution in [0.4, 0.5) is 0 Å². The van der Waals surface area contributed by atoms with Crippen LogP contribution >= 0.6 is 0 Å². The predicted octanol–water partition coefficient (Wildman–Crippen LogP) is 1.94. The number of hydrogen-bond acceptors (Lipinski definition) is 3. The Balaban J connectivity index is 2.97. The highest BCUT2D eigenvalue weighted by molar-refractivity contribution is 6.12. The van der Waals surface area contributed by atoms with Gasteiger partial charge in [-0.25, -0.2) is 9.59 Å². The lowest BCUT2D eigenvalue weighted by Crippen LogP contribution is -2.03. The third-order valence-electron chi connectivity index (χ3n) is 2.47. The van der Waals surface area contributed by atoms with E-state index in [0.29, 0.717) is 0 Å². The predicted molar refractivity (Wildman–Crippen MR) is 59.5 cm³/mol. The van der Waals surface area contributed by atoms with Gasteiger partial charge in [-0.1, -0.05) is 24.3 Å². The maximum Gasteiger partial charge on any atom is 0.340 e. The van der Waals surface area contributed by atoms with E-state index in [1.165, 1.54) is 12.1 Å². The van der Waals surface area contributed by atoms with Crippen molar-refractivity contribution < 1.29 is 24.9 Å². The number of phenols is 1. The second kappa shape index (κ2) is 3.79. The molecule has 0 atom stereocenters. The average molecular weight is 232 g/mol. The molecule has 5 heteroatoms. The molecule has 0 radical (unpaired) electrons. The minimum absolute atomic E-state index is 0.122. The molecular formula is C12H8O5. The van der Waals surface area contributed by atoms with Gasteiger partial charge in [-0.2, -0.15) is 0 Å². The van der Waals surface area contributed by atoms with Crippen LogP contribution in [0, 0.1) is 0 Å². The van der Waals surface area contributed by atoms with Gasteiger partial charge in [0, 0.05) is 5.39 Å². The lowest BCUT2D eigenvalue weighted by Gasteiger charge is -2.08. The number of rotatable bonds is 2. The zero-order chi connectivity index (χ0) is 12.6. The summed E-state index contributed by atoms with van der Waals surface area (Å²) < 4.78 is 0. The molecule has 0 saturated carbocycles. The molecule has 0 aliphatic carbocycles. The Hall–Kier alpha value is -2.56. The van der Waals surface area contributed by atoms with Gasteiger partial charge < -0.3 is 15.3 Å². The number of hydrogen-bond donors (Lipinski definition) is 3. The van der Waals surface area contributed by atoms with Gasteiger partial charge in [0.15, 0.2) is 0 Å². The minimum atomic E-state index is -1.30. The van der Waals surface area contributed by atoms with E-state index in [9.17, 15) is 14.7 Å². The first-order chi connectivity index (χ1) is 8.02. The normalized spacial score (nSPS) is 10.4. The number of aromatic carboxylic acids is 2. The molecule has 86 valence electrons. The molecule has 2 rings (SSSR count). The first kappa shape index (κ1) is 10.9. The summed E-state index contributed by atoms with van der Waals surface area (Å²) in [5.41, 5.74) is -0.409. The zero-order valence-electron chi connectivity index (χ0n) is 8.54.